The normalized spacial score (nSPS) is 14.7. The molecule has 0 atom stereocenters. The summed E-state index contributed by atoms with van der Waals surface area (Å²) in [6.07, 6.45) is 7.99. The number of aryl methyl sites for hydroxylation is 1. The Kier molecular flexibility index (Phi) is 5.84. The van der Waals surface area contributed by atoms with Crippen molar-refractivity contribution in [2.24, 2.45) is 13.0 Å². The molecular weight excluding hydrogens is 364 g/mol. The van der Waals surface area contributed by atoms with Crippen molar-refractivity contribution in [1.82, 2.24) is 25.1 Å². The molecule has 1 aliphatic heterocycles. The number of benzene rings is 1. The Labute approximate surface area is 170 Å². The molecule has 150 valence electrons. The van der Waals surface area contributed by atoms with Crippen LogP contribution in [0.3, 0.4) is 0 Å². The van der Waals surface area contributed by atoms with Crippen LogP contribution in [0, 0.1) is 5.92 Å². The fraction of sp³-hybridized carbons (Fsp3) is 0.364. The predicted molar refractivity (Wildman–Crippen MR) is 112 cm³/mol. The van der Waals surface area contributed by atoms with Gasteiger partial charge in [0, 0.05) is 45.5 Å². The van der Waals surface area contributed by atoms with Crippen molar-refractivity contribution in [2.45, 2.75) is 19.3 Å². The predicted octanol–water partition coefficient (Wildman–Crippen LogP) is 2.45. The Morgan fingerprint density at radius 2 is 1.97 bits per heavy atom. The maximum atomic E-state index is 12.2. The lowest BCUT2D eigenvalue weighted by Gasteiger charge is -2.33. The van der Waals surface area contributed by atoms with Crippen LogP contribution in [0.2, 0.25) is 0 Å². The van der Waals surface area contributed by atoms with Crippen LogP contribution < -0.4 is 10.2 Å². The number of anilines is 1. The molecule has 4 rings (SSSR count). The van der Waals surface area contributed by atoms with Crippen LogP contribution in [-0.4, -0.2) is 45.3 Å². The second kappa shape index (κ2) is 8.86. The number of carbonyl (C=O) groups excluding carboxylic acids is 1. The van der Waals surface area contributed by atoms with Gasteiger partial charge in [0.2, 0.25) is 0 Å². The summed E-state index contributed by atoms with van der Waals surface area (Å²) >= 11 is 0. The summed E-state index contributed by atoms with van der Waals surface area (Å²) < 4.78 is 1.64. The average molecular weight is 390 g/mol. The standard InChI is InChI=1S/C22H26N6O/c1-27-16-19(15-25-27)22(29)24-14-18-8-11-28(12-9-18)21-7-10-23-20(26-21)13-17-5-3-2-4-6-17/h2-7,10,15-16,18H,8-9,11-14H2,1H3,(H,24,29). The van der Waals surface area contributed by atoms with E-state index in [-0.39, 0.29) is 5.91 Å². The van der Waals surface area contributed by atoms with Gasteiger partial charge in [-0.25, -0.2) is 9.97 Å². The Morgan fingerprint density at radius 1 is 1.17 bits per heavy atom. The lowest BCUT2D eigenvalue weighted by atomic mass is 9.96. The molecule has 1 aromatic carbocycles. The molecular formula is C22H26N6O. The van der Waals surface area contributed by atoms with Crippen LogP contribution in [0.15, 0.2) is 55.0 Å². The third-order valence-electron chi connectivity index (χ3n) is 5.35. The quantitative estimate of drug-likeness (QED) is 0.700. The summed E-state index contributed by atoms with van der Waals surface area (Å²) in [7, 11) is 1.81. The number of nitrogens with zero attached hydrogens (tertiary/aromatic N) is 5. The molecule has 0 saturated carbocycles. The minimum Gasteiger partial charge on any atom is -0.356 e. The number of hydrogen-bond donors (Lipinski definition) is 1. The number of carbonyl (C=O) groups is 1. The van der Waals surface area contributed by atoms with Gasteiger partial charge in [-0.1, -0.05) is 30.3 Å². The summed E-state index contributed by atoms with van der Waals surface area (Å²) in [4.78, 5) is 23.7. The van der Waals surface area contributed by atoms with E-state index in [9.17, 15) is 4.79 Å². The molecule has 0 radical (unpaired) electrons. The van der Waals surface area contributed by atoms with Crippen molar-refractivity contribution in [3.8, 4) is 0 Å². The SMILES string of the molecule is Cn1cc(C(=O)NCC2CCN(c3ccnc(Cc4ccccc4)n3)CC2)cn1. The van der Waals surface area contributed by atoms with Gasteiger partial charge >= 0.3 is 0 Å². The second-order valence-corrected chi connectivity index (χ2v) is 7.54. The minimum absolute atomic E-state index is 0.0538. The molecule has 2 aromatic heterocycles. The second-order valence-electron chi connectivity index (χ2n) is 7.54. The Balaban J connectivity index is 1.28. The molecule has 0 spiro atoms. The van der Waals surface area contributed by atoms with Crippen LogP contribution >= 0.6 is 0 Å². The van der Waals surface area contributed by atoms with Crippen molar-refractivity contribution >= 4 is 11.7 Å². The topological polar surface area (TPSA) is 75.9 Å². The van der Waals surface area contributed by atoms with Crippen LogP contribution in [0.5, 0.6) is 0 Å². The zero-order chi connectivity index (χ0) is 20.1. The number of amides is 1. The number of aromatic nitrogens is 4. The highest BCUT2D eigenvalue weighted by atomic mass is 16.1. The first-order valence-electron chi connectivity index (χ1n) is 10.0. The van der Waals surface area contributed by atoms with Crippen molar-refractivity contribution in [1.29, 1.82) is 0 Å². The van der Waals surface area contributed by atoms with Gasteiger partial charge in [0.15, 0.2) is 0 Å². The zero-order valence-corrected chi connectivity index (χ0v) is 16.7. The first kappa shape index (κ1) is 19.1. The van der Waals surface area contributed by atoms with Gasteiger partial charge in [0.1, 0.15) is 11.6 Å². The number of hydrogen-bond acceptors (Lipinski definition) is 5. The van der Waals surface area contributed by atoms with Gasteiger partial charge in [0.25, 0.3) is 5.91 Å². The molecule has 0 unspecified atom stereocenters. The van der Waals surface area contributed by atoms with Gasteiger partial charge in [-0.15, -0.1) is 0 Å². The Bertz CT molecular complexity index is 947. The number of nitrogens with one attached hydrogen (secondary N) is 1. The molecule has 7 heteroatoms. The molecule has 1 amide bonds. The third-order valence-corrected chi connectivity index (χ3v) is 5.35. The maximum Gasteiger partial charge on any atom is 0.254 e. The van der Waals surface area contributed by atoms with Crippen LogP contribution in [0.1, 0.15) is 34.6 Å². The fourth-order valence-corrected chi connectivity index (χ4v) is 3.67. The molecule has 3 heterocycles. The summed E-state index contributed by atoms with van der Waals surface area (Å²) in [5, 5.41) is 7.08. The molecule has 29 heavy (non-hydrogen) atoms. The molecule has 0 bridgehead atoms. The van der Waals surface area contributed by atoms with E-state index in [1.165, 1.54) is 5.56 Å². The Hall–Kier alpha value is -3.22. The highest BCUT2D eigenvalue weighted by Gasteiger charge is 2.21. The molecule has 1 fully saturated rings. The maximum absolute atomic E-state index is 12.2. The lowest BCUT2D eigenvalue weighted by Crippen LogP contribution is -2.39. The molecule has 0 aliphatic carbocycles. The highest BCUT2D eigenvalue weighted by Crippen LogP contribution is 2.21. The summed E-state index contributed by atoms with van der Waals surface area (Å²) in [5.74, 6) is 2.27. The van der Waals surface area contributed by atoms with Gasteiger partial charge in [-0.2, -0.15) is 5.10 Å². The van der Waals surface area contributed by atoms with Crippen molar-refractivity contribution < 1.29 is 4.79 Å². The Morgan fingerprint density at radius 3 is 2.69 bits per heavy atom. The molecule has 3 aromatic rings. The van der Waals surface area contributed by atoms with Gasteiger partial charge in [0.05, 0.1) is 11.8 Å². The highest BCUT2D eigenvalue weighted by molar-refractivity contribution is 5.93. The van der Waals surface area contributed by atoms with E-state index in [1.54, 1.807) is 17.1 Å². The van der Waals surface area contributed by atoms with E-state index < -0.39 is 0 Å². The molecule has 1 saturated heterocycles. The van der Waals surface area contributed by atoms with E-state index in [0.29, 0.717) is 18.0 Å². The molecule has 7 nitrogen and oxygen atoms in total. The van der Waals surface area contributed by atoms with Gasteiger partial charge < -0.3 is 10.2 Å². The van der Waals surface area contributed by atoms with Crippen LogP contribution in [0.4, 0.5) is 5.82 Å². The minimum atomic E-state index is -0.0538. The van der Waals surface area contributed by atoms with Crippen LogP contribution in [-0.2, 0) is 13.5 Å². The zero-order valence-electron chi connectivity index (χ0n) is 16.7. The largest absolute Gasteiger partial charge is 0.356 e. The average Bonchev–Trinajstić information content (AvgIpc) is 3.20. The van der Waals surface area contributed by atoms with Crippen LogP contribution in [0.25, 0.3) is 0 Å². The smallest absolute Gasteiger partial charge is 0.254 e. The van der Waals surface area contributed by atoms with Crippen molar-refractivity contribution in [3.63, 3.8) is 0 Å². The van der Waals surface area contributed by atoms with Gasteiger partial charge in [-0.3, -0.25) is 9.48 Å². The first-order valence-corrected chi connectivity index (χ1v) is 10.0. The summed E-state index contributed by atoms with van der Waals surface area (Å²) in [6.45, 7) is 2.58. The number of rotatable bonds is 6. The fourth-order valence-electron chi connectivity index (χ4n) is 3.67. The summed E-state index contributed by atoms with van der Waals surface area (Å²) in [6, 6.07) is 12.3. The van der Waals surface area contributed by atoms with Crippen molar-refractivity contribution in [2.75, 3.05) is 24.5 Å². The van der Waals surface area contributed by atoms with Crippen molar-refractivity contribution in [3.05, 3.63) is 71.9 Å². The van der Waals surface area contributed by atoms with E-state index >= 15 is 0 Å². The summed E-state index contributed by atoms with van der Waals surface area (Å²) in [5.41, 5.74) is 1.82. The first-order chi connectivity index (χ1) is 14.2. The monoisotopic (exact) mass is 390 g/mol. The van der Waals surface area contributed by atoms with E-state index in [0.717, 1.165) is 44.0 Å². The van der Waals surface area contributed by atoms with Gasteiger partial charge in [-0.05, 0) is 30.4 Å². The molecule has 1 aliphatic rings. The van der Waals surface area contributed by atoms with E-state index in [2.05, 4.69) is 32.4 Å². The van der Waals surface area contributed by atoms with E-state index in [1.807, 2.05) is 37.5 Å². The molecule has 1 N–H and O–H groups in total. The number of piperidine rings is 1. The lowest BCUT2D eigenvalue weighted by molar-refractivity contribution is 0.0945. The third kappa shape index (κ3) is 4.99. The van der Waals surface area contributed by atoms with E-state index in [4.69, 9.17) is 4.98 Å².